The number of para-hydroxylation sites is 2. The molecule has 0 saturated heterocycles. The molecule has 0 spiro atoms. The van der Waals surface area contributed by atoms with E-state index in [4.69, 9.17) is 13.8 Å². The van der Waals surface area contributed by atoms with Crippen LogP contribution in [0.5, 0.6) is 0 Å². The van der Waals surface area contributed by atoms with Gasteiger partial charge in [0.1, 0.15) is 16.7 Å². The van der Waals surface area contributed by atoms with E-state index in [2.05, 4.69) is 138 Å². The SMILES string of the molecule is c1ccc(-c2nc3c(-c4ccc(N(c5ccccc5)c5ccc(-c6ccc7ccccc7c6)cc5)cc4)c4c(cc3o2)oc2ccccc24)cc1. The molecule has 2 heterocycles. The molecule has 0 aliphatic rings. The van der Waals surface area contributed by atoms with Crippen molar-refractivity contribution in [2.45, 2.75) is 0 Å². The minimum Gasteiger partial charge on any atom is -0.456 e. The van der Waals surface area contributed by atoms with E-state index < -0.39 is 0 Å². The minimum absolute atomic E-state index is 0.586. The van der Waals surface area contributed by atoms with Gasteiger partial charge in [0.2, 0.25) is 5.89 Å². The molecule has 4 nitrogen and oxygen atoms in total. The molecule has 10 rings (SSSR count). The van der Waals surface area contributed by atoms with Crippen molar-refractivity contribution < 1.29 is 8.83 Å². The van der Waals surface area contributed by atoms with E-state index >= 15 is 0 Å². The van der Waals surface area contributed by atoms with Crippen LogP contribution < -0.4 is 4.90 Å². The maximum absolute atomic E-state index is 6.38. The monoisotopic (exact) mass is 654 g/mol. The first-order valence-corrected chi connectivity index (χ1v) is 17.1. The predicted molar refractivity (Wildman–Crippen MR) is 210 cm³/mol. The number of rotatable bonds is 6. The fourth-order valence-electron chi connectivity index (χ4n) is 7.23. The summed E-state index contributed by atoms with van der Waals surface area (Å²) < 4.78 is 12.8. The minimum atomic E-state index is 0.586. The van der Waals surface area contributed by atoms with Gasteiger partial charge in [-0.1, -0.05) is 115 Å². The molecule has 8 aromatic carbocycles. The quantitative estimate of drug-likeness (QED) is 0.179. The molecule has 0 aliphatic carbocycles. The summed E-state index contributed by atoms with van der Waals surface area (Å²) in [6.07, 6.45) is 0. The van der Waals surface area contributed by atoms with Crippen LogP contribution >= 0.6 is 0 Å². The molecule has 0 saturated carbocycles. The molecule has 0 atom stereocenters. The van der Waals surface area contributed by atoms with Crippen LogP contribution in [0, 0.1) is 0 Å². The average Bonchev–Trinajstić information content (AvgIpc) is 3.80. The number of hydrogen-bond acceptors (Lipinski definition) is 4. The Balaban J connectivity index is 1.09. The third kappa shape index (κ3) is 5.04. The van der Waals surface area contributed by atoms with E-state index in [0.717, 1.165) is 61.2 Å². The Morgan fingerprint density at radius 2 is 1.00 bits per heavy atom. The number of nitrogens with zero attached hydrogens (tertiary/aromatic N) is 2. The first-order valence-electron chi connectivity index (χ1n) is 17.1. The number of benzene rings is 8. The van der Waals surface area contributed by atoms with E-state index in [9.17, 15) is 0 Å². The number of oxazole rings is 1. The van der Waals surface area contributed by atoms with Crippen molar-refractivity contribution in [1.29, 1.82) is 0 Å². The molecule has 0 unspecified atom stereocenters. The fraction of sp³-hybridized carbons (Fsp3) is 0. The van der Waals surface area contributed by atoms with Gasteiger partial charge in [0, 0.05) is 45.0 Å². The van der Waals surface area contributed by atoms with Crippen molar-refractivity contribution in [3.05, 3.63) is 182 Å². The summed E-state index contributed by atoms with van der Waals surface area (Å²) in [4.78, 5) is 7.37. The standard InChI is InChI=1S/C47H30N2O2/c1-3-12-34(13-4-1)47-48-46-43(51-47)30-42-45(40-17-9-10-18-41(40)50-42)44(46)33-23-27-39(28-24-33)49(37-15-5-2-6-16-37)38-25-21-32(22-26-38)36-20-19-31-11-7-8-14-35(31)29-36/h1-30H. The molecule has 240 valence electrons. The molecule has 4 heteroatoms. The molecule has 0 fully saturated rings. The van der Waals surface area contributed by atoms with Crippen LogP contribution in [-0.2, 0) is 0 Å². The summed E-state index contributed by atoms with van der Waals surface area (Å²) in [6, 6.07) is 63.4. The van der Waals surface area contributed by atoms with Crippen LogP contribution in [-0.4, -0.2) is 4.98 Å². The highest BCUT2D eigenvalue weighted by Gasteiger charge is 2.22. The zero-order valence-electron chi connectivity index (χ0n) is 27.5. The average molecular weight is 655 g/mol. The summed E-state index contributed by atoms with van der Waals surface area (Å²) >= 11 is 0. The van der Waals surface area contributed by atoms with Crippen molar-refractivity contribution in [1.82, 2.24) is 4.98 Å². The Morgan fingerprint density at radius 3 is 1.76 bits per heavy atom. The summed E-state index contributed by atoms with van der Waals surface area (Å²) in [7, 11) is 0. The fourth-order valence-corrected chi connectivity index (χ4v) is 7.23. The lowest BCUT2D eigenvalue weighted by atomic mass is 9.97. The Labute approximate surface area is 294 Å². The van der Waals surface area contributed by atoms with Crippen LogP contribution in [0.2, 0.25) is 0 Å². The molecule has 0 amide bonds. The molecule has 0 aliphatic heterocycles. The summed E-state index contributed by atoms with van der Waals surface area (Å²) in [5, 5.41) is 4.57. The number of aromatic nitrogens is 1. The summed E-state index contributed by atoms with van der Waals surface area (Å²) in [5.41, 5.74) is 11.7. The third-order valence-electron chi connectivity index (χ3n) is 9.68. The lowest BCUT2D eigenvalue weighted by Gasteiger charge is -2.26. The largest absolute Gasteiger partial charge is 0.456 e. The molecule has 51 heavy (non-hydrogen) atoms. The normalized spacial score (nSPS) is 11.5. The summed E-state index contributed by atoms with van der Waals surface area (Å²) in [6.45, 7) is 0. The summed E-state index contributed by atoms with van der Waals surface area (Å²) in [5.74, 6) is 0.586. The van der Waals surface area contributed by atoms with E-state index in [1.165, 1.54) is 21.9 Å². The number of fused-ring (bicyclic) bond motifs is 5. The Kier molecular flexibility index (Phi) is 6.78. The Hall–Kier alpha value is -6.91. The topological polar surface area (TPSA) is 42.4 Å². The maximum atomic E-state index is 6.38. The van der Waals surface area contributed by atoms with Gasteiger partial charge < -0.3 is 13.7 Å². The molecular weight excluding hydrogens is 625 g/mol. The molecule has 0 radical (unpaired) electrons. The van der Waals surface area contributed by atoms with Gasteiger partial charge in [-0.15, -0.1) is 0 Å². The molecule has 0 bridgehead atoms. The smallest absolute Gasteiger partial charge is 0.227 e. The molecular formula is C47H30N2O2. The molecule has 10 aromatic rings. The van der Waals surface area contributed by atoms with Gasteiger partial charge in [0.25, 0.3) is 0 Å². The molecule has 0 N–H and O–H groups in total. The van der Waals surface area contributed by atoms with E-state index in [1.54, 1.807) is 0 Å². The van der Waals surface area contributed by atoms with Crippen molar-refractivity contribution >= 4 is 60.9 Å². The van der Waals surface area contributed by atoms with E-state index in [0.29, 0.717) is 11.5 Å². The lowest BCUT2D eigenvalue weighted by molar-refractivity contribution is 0.617. The van der Waals surface area contributed by atoms with Gasteiger partial charge >= 0.3 is 0 Å². The lowest BCUT2D eigenvalue weighted by Crippen LogP contribution is -2.09. The van der Waals surface area contributed by atoms with Gasteiger partial charge in [-0.25, -0.2) is 4.98 Å². The van der Waals surface area contributed by atoms with Crippen LogP contribution in [0.1, 0.15) is 0 Å². The molecule has 2 aromatic heterocycles. The number of hydrogen-bond donors (Lipinski definition) is 0. The van der Waals surface area contributed by atoms with Gasteiger partial charge in [0.05, 0.1) is 0 Å². The van der Waals surface area contributed by atoms with Crippen molar-refractivity contribution in [2.75, 3.05) is 4.90 Å². The Bertz CT molecular complexity index is 2840. The van der Waals surface area contributed by atoms with Gasteiger partial charge in [-0.3, -0.25) is 0 Å². The highest BCUT2D eigenvalue weighted by Crippen LogP contribution is 2.44. The maximum Gasteiger partial charge on any atom is 0.227 e. The highest BCUT2D eigenvalue weighted by atomic mass is 16.4. The van der Waals surface area contributed by atoms with Crippen LogP contribution in [0.25, 0.3) is 77.5 Å². The van der Waals surface area contributed by atoms with Crippen molar-refractivity contribution in [2.24, 2.45) is 0 Å². The van der Waals surface area contributed by atoms with Crippen LogP contribution in [0.15, 0.2) is 191 Å². The van der Waals surface area contributed by atoms with Crippen molar-refractivity contribution in [3.8, 4) is 33.7 Å². The second kappa shape index (κ2) is 11.9. The zero-order valence-corrected chi connectivity index (χ0v) is 27.5. The first-order chi connectivity index (χ1) is 25.3. The van der Waals surface area contributed by atoms with Gasteiger partial charge in [-0.2, -0.15) is 0 Å². The Morgan fingerprint density at radius 1 is 0.392 bits per heavy atom. The van der Waals surface area contributed by atoms with Gasteiger partial charge in [-0.05, 0) is 88.1 Å². The van der Waals surface area contributed by atoms with Crippen LogP contribution in [0.3, 0.4) is 0 Å². The third-order valence-corrected chi connectivity index (χ3v) is 9.68. The number of anilines is 3. The van der Waals surface area contributed by atoms with E-state index in [-0.39, 0.29) is 0 Å². The van der Waals surface area contributed by atoms with Gasteiger partial charge in [0.15, 0.2) is 5.58 Å². The van der Waals surface area contributed by atoms with Crippen molar-refractivity contribution in [3.63, 3.8) is 0 Å². The second-order valence-corrected chi connectivity index (χ2v) is 12.8. The van der Waals surface area contributed by atoms with Crippen LogP contribution in [0.4, 0.5) is 17.1 Å². The predicted octanol–water partition coefficient (Wildman–Crippen LogP) is 13.4. The number of furan rings is 1. The zero-order chi connectivity index (χ0) is 33.7. The first kappa shape index (κ1) is 29.0. The second-order valence-electron chi connectivity index (χ2n) is 12.8. The van der Waals surface area contributed by atoms with E-state index in [1.807, 2.05) is 48.5 Å². The highest BCUT2D eigenvalue weighted by molar-refractivity contribution is 6.19.